The first-order chi connectivity index (χ1) is 9.61. The monoisotopic (exact) mass is 279 g/mol. The Morgan fingerprint density at radius 3 is 2.45 bits per heavy atom. The zero-order valence-corrected chi connectivity index (χ0v) is 11.7. The lowest BCUT2D eigenvalue weighted by atomic mass is 10.1. The van der Waals surface area contributed by atoms with Gasteiger partial charge in [0.15, 0.2) is 6.61 Å². The summed E-state index contributed by atoms with van der Waals surface area (Å²) in [5.74, 6) is -0.553. The van der Waals surface area contributed by atoms with Crippen LogP contribution in [0.4, 0.5) is 5.69 Å². The molecule has 0 unspecified atom stereocenters. The molecule has 0 saturated heterocycles. The van der Waals surface area contributed by atoms with Crippen molar-refractivity contribution in [1.82, 2.24) is 0 Å². The van der Waals surface area contributed by atoms with Crippen molar-refractivity contribution < 1.29 is 19.4 Å². The largest absolute Gasteiger partial charge is 0.482 e. The molecule has 1 rings (SSSR count). The van der Waals surface area contributed by atoms with E-state index in [1.807, 2.05) is 0 Å². The van der Waals surface area contributed by atoms with Gasteiger partial charge in [0.25, 0.3) is 0 Å². The first-order valence-corrected chi connectivity index (χ1v) is 6.86. The Morgan fingerprint density at radius 2 is 1.85 bits per heavy atom. The topological polar surface area (TPSA) is 75.6 Å². The maximum atomic E-state index is 11.7. The molecule has 1 aromatic rings. The average molecular weight is 279 g/mol. The molecule has 0 radical (unpaired) electrons. The highest BCUT2D eigenvalue weighted by molar-refractivity contribution is 5.90. The summed E-state index contributed by atoms with van der Waals surface area (Å²) < 4.78 is 5.01. The molecule has 2 N–H and O–H groups in total. The van der Waals surface area contributed by atoms with Crippen LogP contribution in [0.1, 0.15) is 39.0 Å². The zero-order valence-electron chi connectivity index (χ0n) is 11.7. The molecule has 1 amide bonds. The average Bonchev–Trinajstić information content (AvgIpc) is 2.43. The first-order valence-electron chi connectivity index (χ1n) is 6.86. The third kappa shape index (κ3) is 6.78. The molecule has 0 bridgehead atoms. The zero-order chi connectivity index (χ0) is 14.8. The normalized spacial score (nSPS) is 10.1. The van der Waals surface area contributed by atoms with Crippen LogP contribution in [0.2, 0.25) is 0 Å². The Labute approximate surface area is 118 Å². The molecule has 5 heteroatoms. The highest BCUT2D eigenvalue weighted by Crippen LogP contribution is 2.16. The molecular formula is C15H21NO4. The maximum absolute atomic E-state index is 11.7. The van der Waals surface area contributed by atoms with Gasteiger partial charge in [0.2, 0.25) is 5.91 Å². The van der Waals surface area contributed by atoms with Gasteiger partial charge in [0.1, 0.15) is 5.75 Å². The van der Waals surface area contributed by atoms with Gasteiger partial charge in [-0.3, -0.25) is 4.79 Å². The number of amides is 1. The number of hydrogen-bond donors (Lipinski definition) is 2. The fraction of sp³-hybridized carbons (Fsp3) is 0.467. The van der Waals surface area contributed by atoms with Crippen LogP contribution in [0.25, 0.3) is 0 Å². The number of unbranched alkanes of at least 4 members (excludes halogenated alkanes) is 3. The summed E-state index contributed by atoms with van der Waals surface area (Å²) in [6, 6.07) is 6.66. The van der Waals surface area contributed by atoms with Crippen LogP contribution in [0, 0.1) is 0 Å². The van der Waals surface area contributed by atoms with E-state index in [1.54, 1.807) is 24.3 Å². The Kier molecular flexibility index (Phi) is 7.17. The van der Waals surface area contributed by atoms with Gasteiger partial charge in [-0.1, -0.05) is 26.2 Å². The summed E-state index contributed by atoms with van der Waals surface area (Å²) in [6.07, 6.45) is 4.81. The van der Waals surface area contributed by atoms with Gasteiger partial charge in [0, 0.05) is 12.1 Å². The van der Waals surface area contributed by atoms with Crippen molar-refractivity contribution in [1.29, 1.82) is 0 Å². The third-order valence-corrected chi connectivity index (χ3v) is 2.76. The minimum Gasteiger partial charge on any atom is -0.482 e. The highest BCUT2D eigenvalue weighted by Gasteiger charge is 2.03. The number of benzene rings is 1. The summed E-state index contributed by atoms with van der Waals surface area (Å²) in [4.78, 5) is 22.0. The van der Waals surface area contributed by atoms with Crippen LogP contribution in [-0.2, 0) is 9.59 Å². The van der Waals surface area contributed by atoms with Gasteiger partial charge in [-0.25, -0.2) is 4.79 Å². The van der Waals surface area contributed by atoms with E-state index in [4.69, 9.17) is 9.84 Å². The summed E-state index contributed by atoms with van der Waals surface area (Å²) >= 11 is 0. The van der Waals surface area contributed by atoms with E-state index >= 15 is 0 Å². The molecule has 0 aromatic heterocycles. The third-order valence-electron chi connectivity index (χ3n) is 2.76. The minimum absolute atomic E-state index is 0.000285. The Hall–Kier alpha value is -2.04. The minimum atomic E-state index is -1.02. The van der Waals surface area contributed by atoms with Crippen molar-refractivity contribution in [2.24, 2.45) is 0 Å². The standard InChI is InChI=1S/C15H21NO4/c1-2-3-4-5-6-14(17)16-12-7-9-13(10-8-12)20-11-15(18)19/h7-10H,2-6,11H2,1H3,(H,16,17)(H,18,19). The number of anilines is 1. The smallest absolute Gasteiger partial charge is 0.341 e. The van der Waals surface area contributed by atoms with Crippen molar-refractivity contribution in [3.8, 4) is 5.75 Å². The highest BCUT2D eigenvalue weighted by atomic mass is 16.5. The van der Waals surface area contributed by atoms with Crippen molar-refractivity contribution in [2.45, 2.75) is 39.0 Å². The van der Waals surface area contributed by atoms with Gasteiger partial charge < -0.3 is 15.2 Å². The van der Waals surface area contributed by atoms with Crippen LogP contribution in [0.5, 0.6) is 5.75 Å². The molecule has 110 valence electrons. The molecule has 20 heavy (non-hydrogen) atoms. The fourth-order valence-corrected chi connectivity index (χ4v) is 1.72. The molecule has 0 fully saturated rings. The van der Waals surface area contributed by atoms with E-state index in [9.17, 15) is 9.59 Å². The molecular weight excluding hydrogens is 258 g/mol. The Morgan fingerprint density at radius 1 is 1.15 bits per heavy atom. The number of carbonyl (C=O) groups excluding carboxylic acids is 1. The van der Waals surface area contributed by atoms with E-state index in [0.717, 1.165) is 25.7 Å². The van der Waals surface area contributed by atoms with Crippen LogP contribution in [-0.4, -0.2) is 23.6 Å². The van der Waals surface area contributed by atoms with Gasteiger partial charge >= 0.3 is 5.97 Å². The number of ether oxygens (including phenoxy) is 1. The first kappa shape index (κ1) is 16.0. The summed E-state index contributed by atoms with van der Waals surface area (Å²) in [7, 11) is 0. The number of carboxylic acids is 1. The molecule has 0 aliphatic rings. The molecule has 0 aliphatic carbocycles. The van der Waals surface area contributed by atoms with Gasteiger partial charge in [-0.2, -0.15) is 0 Å². The maximum Gasteiger partial charge on any atom is 0.341 e. The number of hydrogen-bond acceptors (Lipinski definition) is 3. The number of rotatable bonds is 9. The van der Waals surface area contributed by atoms with E-state index in [2.05, 4.69) is 12.2 Å². The van der Waals surface area contributed by atoms with Gasteiger partial charge in [-0.05, 0) is 30.7 Å². The second-order valence-electron chi connectivity index (χ2n) is 4.57. The number of carboxylic acid groups (broad SMARTS) is 1. The van der Waals surface area contributed by atoms with Crippen molar-refractivity contribution in [3.05, 3.63) is 24.3 Å². The van der Waals surface area contributed by atoms with Crippen LogP contribution in [0.15, 0.2) is 24.3 Å². The summed E-state index contributed by atoms with van der Waals surface area (Å²) in [5.41, 5.74) is 0.688. The van der Waals surface area contributed by atoms with E-state index in [-0.39, 0.29) is 12.5 Å². The lowest BCUT2D eigenvalue weighted by molar-refractivity contribution is -0.139. The van der Waals surface area contributed by atoms with Crippen LogP contribution >= 0.6 is 0 Å². The van der Waals surface area contributed by atoms with Crippen molar-refractivity contribution >= 4 is 17.6 Å². The molecule has 5 nitrogen and oxygen atoms in total. The number of aliphatic carboxylic acids is 1. The molecule has 1 aromatic carbocycles. The predicted molar refractivity (Wildman–Crippen MR) is 77.0 cm³/mol. The quantitative estimate of drug-likeness (QED) is 0.681. The summed E-state index contributed by atoms with van der Waals surface area (Å²) in [5, 5.41) is 11.3. The van der Waals surface area contributed by atoms with Crippen LogP contribution < -0.4 is 10.1 Å². The van der Waals surface area contributed by atoms with Crippen molar-refractivity contribution in [2.75, 3.05) is 11.9 Å². The molecule has 0 aliphatic heterocycles. The van der Waals surface area contributed by atoms with Crippen molar-refractivity contribution in [3.63, 3.8) is 0 Å². The fourth-order valence-electron chi connectivity index (χ4n) is 1.72. The Balaban J connectivity index is 2.33. The van der Waals surface area contributed by atoms with Gasteiger partial charge in [-0.15, -0.1) is 0 Å². The van der Waals surface area contributed by atoms with E-state index in [0.29, 0.717) is 17.9 Å². The van der Waals surface area contributed by atoms with Crippen LogP contribution in [0.3, 0.4) is 0 Å². The van der Waals surface area contributed by atoms with Gasteiger partial charge in [0.05, 0.1) is 0 Å². The lowest BCUT2D eigenvalue weighted by Gasteiger charge is -2.07. The van der Waals surface area contributed by atoms with E-state index in [1.165, 1.54) is 0 Å². The number of carbonyl (C=O) groups is 2. The SMILES string of the molecule is CCCCCCC(=O)Nc1ccc(OCC(=O)O)cc1. The molecule has 0 atom stereocenters. The molecule has 0 saturated carbocycles. The Bertz CT molecular complexity index is 428. The predicted octanol–water partition coefficient (Wildman–Crippen LogP) is 3.06. The lowest BCUT2D eigenvalue weighted by Crippen LogP contribution is -2.11. The molecule has 0 heterocycles. The van der Waals surface area contributed by atoms with E-state index < -0.39 is 5.97 Å². The molecule has 0 spiro atoms. The second-order valence-corrected chi connectivity index (χ2v) is 4.57. The summed E-state index contributed by atoms with van der Waals surface area (Å²) in [6.45, 7) is 1.76. The number of nitrogens with one attached hydrogen (secondary N) is 1. The second kappa shape index (κ2) is 8.96.